The summed E-state index contributed by atoms with van der Waals surface area (Å²) in [5.74, 6) is 1.28. The molecule has 1 aliphatic heterocycles. The molecule has 0 bridgehead atoms. The van der Waals surface area contributed by atoms with Gasteiger partial charge in [-0.25, -0.2) is 0 Å². The van der Waals surface area contributed by atoms with E-state index in [1.165, 1.54) is 17.3 Å². The lowest BCUT2D eigenvalue weighted by Crippen LogP contribution is -2.27. The van der Waals surface area contributed by atoms with Crippen molar-refractivity contribution >= 4 is 68.6 Å². The van der Waals surface area contributed by atoms with E-state index in [1.807, 2.05) is 50.3 Å². The minimum atomic E-state index is -0.108. The Labute approximate surface area is 194 Å². The summed E-state index contributed by atoms with van der Waals surface area (Å²) >= 11 is 9.03. The van der Waals surface area contributed by atoms with Crippen LogP contribution in [0.1, 0.15) is 30.0 Å². The summed E-state index contributed by atoms with van der Waals surface area (Å²) in [4.78, 5) is 15.2. The molecule has 4 nitrogen and oxygen atoms in total. The minimum Gasteiger partial charge on any atom is -0.493 e. The molecule has 0 spiro atoms. The Morgan fingerprint density at radius 1 is 1.21 bits per heavy atom. The number of aryl methyl sites for hydroxylation is 2. The zero-order valence-electron chi connectivity index (χ0n) is 16.7. The van der Waals surface area contributed by atoms with E-state index in [9.17, 15) is 4.79 Å². The van der Waals surface area contributed by atoms with Crippen molar-refractivity contribution in [3.8, 4) is 11.5 Å². The molecule has 7 heteroatoms. The molecule has 1 aliphatic rings. The second-order valence-corrected chi connectivity index (χ2v) is 9.51. The van der Waals surface area contributed by atoms with Crippen molar-refractivity contribution in [2.75, 3.05) is 18.6 Å². The standard InChI is InChI=1S/C22H22INO3S2/c1-5-8-27-20-17(23)10-15(11-18(20)26-4)12-19-21(25)24(22(28)29-19)16-7-6-13(2)14(3)9-16/h6-7,9-12H,5,8H2,1-4H3/b19-12+. The maximum atomic E-state index is 13.1. The summed E-state index contributed by atoms with van der Waals surface area (Å²) in [6.07, 6.45) is 2.77. The summed E-state index contributed by atoms with van der Waals surface area (Å²) in [6.45, 7) is 6.76. The van der Waals surface area contributed by atoms with Crippen LogP contribution in [0.5, 0.6) is 11.5 Å². The van der Waals surface area contributed by atoms with E-state index in [-0.39, 0.29) is 5.91 Å². The maximum absolute atomic E-state index is 13.1. The number of hydrogen-bond acceptors (Lipinski definition) is 5. The molecule has 0 unspecified atom stereocenters. The second kappa shape index (κ2) is 9.49. The Hall–Kier alpha value is -1.58. The third-order valence-corrected chi connectivity index (χ3v) is 6.65. The molecule has 0 radical (unpaired) electrons. The fourth-order valence-corrected chi connectivity index (χ4v) is 4.95. The van der Waals surface area contributed by atoms with E-state index in [0.29, 0.717) is 21.6 Å². The Bertz CT molecular complexity index is 1000. The number of carbonyl (C=O) groups excluding carboxylic acids is 1. The molecule has 0 aliphatic carbocycles. The third-order valence-electron chi connectivity index (χ3n) is 4.54. The summed E-state index contributed by atoms with van der Waals surface area (Å²) in [5.41, 5.74) is 3.98. The van der Waals surface area contributed by atoms with Crippen LogP contribution < -0.4 is 14.4 Å². The molecule has 1 heterocycles. The van der Waals surface area contributed by atoms with Crippen LogP contribution in [-0.2, 0) is 4.79 Å². The van der Waals surface area contributed by atoms with E-state index in [4.69, 9.17) is 21.7 Å². The van der Waals surface area contributed by atoms with Crippen LogP contribution in [0, 0.1) is 17.4 Å². The van der Waals surface area contributed by atoms with E-state index in [1.54, 1.807) is 12.0 Å². The first-order valence-electron chi connectivity index (χ1n) is 9.21. The molecule has 1 amide bonds. The van der Waals surface area contributed by atoms with Gasteiger partial charge in [0, 0.05) is 0 Å². The lowest BCUT2D eigenvalue weighted by atomic mass is 10.1. The molecular weight excluding hydrogens is 517 g/mol. The first-order valence-corrected chi connectivity index (χ1v) is 11.5. The van der Waals surface area contributed by atoms with Gasteiger partial charge in [-0.15, -0.1) is 0 Å². The monoisotopic (exact) mass is 539 g/mol. The number of halogens is 1. The third kappa shape index (κ3) is 4.78. The summed E-state index contributed by atoms with van der Waals surface area (Å²) in [7, 11) is 1.62. The summed E-state index contributed by atoms with van der Waals surface area (Å²) in [6, 6.07) is 9.80. The van der Waals surface area contributed by atoms with Crippen molar-refractivity contribution in [1.82, 2.24) is 0 Å². The average molecular weight is 539 g/mol. The molecule has 0 aromatic heterocycles. The average Bonchev–Trinajstić information content (AvgIpc) is 2.96. The van der Waals surface area contributed by atoms with Crippen molar-refractivity contribution in [2.45, 2.75) is 27.2 Å². The van der Waals surface area contributed by atoms with E-state index in [2.05, 4.69) is 29.5 Å². The van der Waals surface area contributed by atoms with Gasteiger partial charge in [0.05, 0.1) is 27.9 Å². The molecular formula is C22H22INO3S2. The predicted molar refractivity (Wildman–Crippen MR) is 133 cm³/mol. The van der Waals surface area contributed by atoms with Gasteiger partial charge < -0.3 is 9.47 Å². The number of ether oxygens (including phenoxy) is 2. The van der Waals surface area contributed by atoms with E-state index in [0.717, 1.165) is 32.6 Å². The fraction of sp³-hybridized carbons (Fsp3) is 0.273. The highest BCUT2D eigenvalue weighted by Gasteiger charge is 2.33. The highest BCUT2D eigenvalue weighted by Crippen LogP contribution is 2.39. The van der Waals surface area contributed by atoms with Gasteiger partial charge in [-0.2, -0.15) is 0 Å². The number of anilines is 1. The lowest BCUT2D eigenvalue weighted by Gasteiger charge is -2.16. The van der Waals surface area contributed by atoms with Crippen molar-refractivity contribution in [3.05, 3.63) is 55.5 Å². The van der Waals surface area contributed by atoms with Gasteiger partial charge >= 0.3 is 0 Å². The number of carbonyl (C=O) groups is 1. The van der Waals surface area contributed by atoms with Crippen LogP contribution in [0.2, 0.25) is 0 Å². The van der Waals surface area contributed by atoms with Gasteiger partial charge in [0.15, 0.2) is 15.8 Å². The Balaban J connectivity index is 1.93. The van der Waals surface area contributed by atoms with E-state index < -0.39 is 0 Å². The number of rotatable bonds is 6. The molecule has 1 saturated heterocycles. The number of hydrogen-bond donors (Lipinski definition) is 0. The van der Waals surface area contributed by atoms with Crippen LogP contribution in [-0.4, -0.2) is 23.9 Å². The predicted octanol–water partition coefficient (Wildman–Crippen LogP) is 6.11. The molecule has 29 heavy (non-hydrogen) atoms. The van der Waals surface area contributed by atoms with Crippen LogP contribution in [0.25, 0.3) is 6.08 Å². The topological polar surface area (TPSA) is 38.8 Å². The van der Waals surface area contributed by atoms with Gasteiger partial charge in [-0.05, 0) is 89.9 Å². The zero-order chi connectivity index (χ0) is 21.1. The van der Waals surface area contributed by atoms with Gasteiger partial charge in [0.2, 0.25) is 0 Å². The highest BCUT2D eigenvalue weighted by atomic mass is 127. The quantitative estimate of drug-likeness (QED) is 0.252. The summed E-state index contributed by atoms with van der Waals surface area (Å²) < 4.78 is 12.8. The number of benzene rings is 2. The number of methoxy groups -OCH3 is 1. The molecule has 152 valence electrons. The van der Waals surface area contributed by atoms with Crippen molar-refractivity contribution < 1.29 is 14.3 Å². The van der Waals surface area contributed by atoms with Crippen LogP contribution in [0.3, 0.4) is 0 Å². The van der Waals surface area contributed by atoms with Crippen molar-refractivity contribution in [2.24, 2.45) is 0 Å². The molecule has 2 aromatic rings. The minimum absolute atomic E-state index is 0.108. The Morgan fingerprint density at radius 3 is 2.62 bits per heavy atom. The van der Waals surface area contributed by atoms with Crippen LogP contribution in [0.4, 0.5) is 5.69 Å². The molecule has 2 aromatic carbocycles. The van der Waals surface area contributed by atoms with Crippen molar-refractivity contribution in [3.63, 3.8) is 0 Å². The van der Waals surface area contributed by atoms with Gasteiger partial charge in [0.1, 0.15) is 0 Å². The SMILES string of the molecule is CCCOc1c(I)cc(/C=C2/SC(=S)N(c3ccc(C)c(C)c3)C2=O)cc1OC. The Kier molecular flexibility index (Phi) is 7.23. The van der Waals surface area contributed by atoms with Crippen LogP contribution >= 0.6 is 46.6 Å². The van der Waals surface area contributed by atoms with Crippen molar-refractivity contribution in [1.29, 1.82) is 0 Å². The number of thioether (sulfide) groups is 1. The second-order valence-electron chi connectivity index (χ2n) is 6.67. The number of nitrogens with zero attached hydrogens (tertiary/aromatic N) is 1. The maximum Gasteiger partial charge on any atom is 0.270 e. The highest BCUT2D eigenvalue weighted by molar-refractivity contribution is 14.1. The first kappa shape index (κ1) is 22.1. The lowest BCUT2D eigenvalue weighted by molar-refractivity contribution is -0.113. The van der Waals surface area contributed by atoms with Gasteiger partial charge in [-0.3, -0.25) is 9.69 Å². The normalized spacial score (nSPS) is 15.3. The smallest absolute Gasteiger partial charge is 0.270 e. The fourth-order valence-electron chi connectivity index (χ4n) is 2.87. The molecule has 0 saturated carbocycles. The Morgan fingerprint density at radius 2 is 1.97 bits per heavy atom. The van der Waals surface area contributed by atoms with Gasteiger partial charge in [0.25, 0.3) is 5.91 Å². The first-order chi connectivity index (χ1) is 13.8. The zero-order valence-corrected chi connectivity index (χ0v) is 20.5. The largest absolute Gasteiger partial charge is 0.493 e. The van der Waals surface area contributed by atoms with Crippen LogP contribution in [0.15, 0.2) is 35.2 Å². The molecule has 3 rings (SSSR count). The summed E-state index contributed by atoms with van der Waals surface area (Å²) in [5, 5.41) is 0. The van der Waals surface area contributed by atoms with E-state index >= 15 is 0 Å². The molecule has 0 N–H and O–H groups in total. The molecule has 1 fully saturated rings. The molecule has 0 atom stereocenters. The number of amides is 1. The van der Waals surface area contributed by atoms with Gasteiger partial charge in [-0.1, -0.05) is 37.0 Å². The number of thiocarbonyl (C=S) groups is 1.